The summed E-state index contributed by atoms with van der Waals surface area (Å²) in [6.07, 6.45) is 4.16. The van der Waals surface area contributed by atoms with Crippen LogP contribution in [0.4, 0.5) is 0 Å². The molecule has 1 saturated carbocycles. The number of nitrogens with one attached hydrogen (secondary N) is 1. The minimum Gasteiger partial charge on any atom is -0.351 e. The molecule has 2 nitrogen and oxygen atoms in total. The van der Waals surface area contributed by atoms with Crippen LogP contribution in [0.3, 0.4) is 0 Å². The molecule has 0 unspecified atom stereocenters. The Labute approximate surface area is 121 Å². The van der Waals surface area contributed by atoms with Gasteiger partial charge in [-0.25, -0.2) is 0 Å². The van der Waals surface area contributed by atoms with Gasteiger partial charge in [0.05, 0.1) is 10.6 Å². The Hall–Kier alpha value is -0.380. The molecule has 1 aliphatic rings. The highest BCUT2D eigenvalue weighted by molar-refractivity contribution is 7.98. The zero-order valence-corrected chi connectivity index (χ0v) is 12.5. The van der Waals surface area contributed by atoms with Gasteiger partial charge in [-0.2, -0.15) is 0 Å². The number of alkyl halides is 1. The lowest BCUT2D eigenvalue weighted by Gasteiger charge is -2.13. The molecule has 0 aromatic heterocycles. The molecule has 0 bridgehead atoms. The van der Waals surface area contributed by atoms with E-state index in [2.05, 4.69) is 5.32 Å². The summed E-state index contributed by atoms with van der Waals surface area (Å²) in [5.41, 5.74) is 0.662. The fourth-order valence-corrected chi connectivity index (χ4v) is 2.71. The minimum absolute atomic E-state index is 0.118. The van der Waals surface area contributed by atoms with Crippen molar-refractivity contribution >= 4 is 40.9 Å². The third-order valence-corrected chi connectivity index (χ3v) is 4.90. The molecular weight excluding hydrogens is 289 g/mol. The Morgan fingerprint density at radius 1 is 1.50 bits per heavy atom. The van der Waals surface area contributed by atoms with Gasteiger partial charge in [-0.05, 0) is 37.3 Å². The number of hydrogen-bond donors (Lipinski definition) is 1. The molecule has 0 atom stereocenters. The van der Waals surface area contributed by atoms with Crippen molar-refractivity contribution in [2.24, 2.45) is 5.41 Å². The molecule has 1 amide bonds. The molecule has 1 aromatic carbocycles. The monoisotopic (exact) mass is 303 g/mol. The summed E-state index contributed by atoms with van der Waals surface area (Å²) in [5.74, 6) is 0.485. The van der Waals surface area contributed by atoms with Crippen LogP contribution in [-0.4, -0.2) is 24.6 Å². The van der Waals surface area contributed by atoms with Gasteiger partial charge in [0.15, 0.2) is 0 Å². The molecule has 0 spiro atoms. The average Bonchev–Trinajstić information content (AvgIpc) is 3.17. The van der Waals surface area contributed by atoms with Crippen LogP contribution < -0.4 is 5.32 Å². The molecule has 2 rings (SSSR count). The molecule has 0 radical (unpaired) electrons. The van der Waals surface area contributed by atoms with Gasteiger partial charge >= 0.3 is 0 Å². The quantitative estimate of drug-likeness (QED) is 0.662. The van der Waals surface area contributed by atoms with E-state index in [9.17, 15) is 4.79 Å². The molecule has 18 heavy (non-hydrogen) atoms. The van der Waals surface area contributed by atoms with Crippen LogP contribution in [0, 0.1) is 5.41 Å². The molecular formula is C13H15Cl2NOS. The van der Waals surface area contributed by atoms with Crippen molar-refractivity contribution in [2.45, 2.75) is 17.7 Å². The Kier molecular flexibility index (Phi) is 4.46. The van der Waals surface area contributed by atoms with Crippen LogP contribution in [0.2, 0.25) is 5.02 Å². The molecule has 1 aliphatic carbocycles. The smallest absolute Gasteiger partial charge is 0.252 e. The lowest BCUT2D eigenvalue weighted by atomic mass is 10.1. The van der Waals surface area contributed by atoms with Crippen LogP contribution >= 0.6 is 35.0 Å². The van der Waals surface area contributed by atoms with E-state index >= 15 is 0 Å². The fourth-order valence-electron chi connectivity index (χ4n) is 1.70. The van der Waals surface area contributed by atoms with E-state index in [0.29, 0.717) is 23.0 Å². The highest BCUT2D eigenvalue weighted by atomic mass is 35.5. The first-order valence-corrected chi connectivity index (χ1v) is 7.92. The van der Waals surface area contributed by atoms with Crippen molar-refractivity contribution in [1.82, 2.24) is 5.32 Å². The van der Waals surface area contributed by atoms with E-state index in [0.717, 1.165) is 17.7 Å². The summed E-state index contributed by atoms with van der Waals surface area (Å²) in [7, 11) is 0. The SMILES string of the molecule is CSc1ccc(Cl)c(C(=O)NCC2(CCl)CC2)c1. The summed E-state index contributed by atoms with van der Waals surface area (Å²) in [6.45, 7) is 0.634. The van der Waals surface area contributed by atoms with Crippen LogP contribution in [0.5, 0.6) is 0 Å². The van der Waals surface area contributed by atoms with Gasteiger partial charge in [0.25, 0.3) is 5.91 Å². The van der Waals surface area contributed by atoms with Crippen LogP contribution in [-0.2, 0) is 0 Å². The van der Waals surface area contributed by atoms with Gasteiger partial charge in [0.2, 0.25) is 0 Å². The normalized spacial score (nSPS) is 16.4. The van der Waals surface area contributed by atoms with E-state index in [1.807, 2.05) is 18.4 Å². The second-order valence-corrected chi connectivity index (χ2v) is 6.22. The Balaban J connectivity index is 2.04. The second-order valence-electron chi connectivity index (χ2n) is 4.66. The first-order valence-electron chi connectivity index (χ1n) is 5.78. The molecule has 1 aromatic rings. The van der Waals surface area contributed by atoms with Gasteiger partial charge in [-0.15, -0.1) is 23.4 Å². The zero-order valence-electron chi connectivity index (χ0n) is 10.1. The molecule has 1 fully saturated rings. The van der Waals surface area contributed by atoms with Crippen molar-refractivity contribution < 1.29 is 4.79 Å². The maximum atomic E-state index is 12.1. The predicted octanol–water partition coefficient (Wildman–Crippen LogP) is 3.81. The summed E-state index contributed by atoms with van der Waals surface area (Å²) in [5, 5.41) is 3.41. The number of halogens is 2. The number of hydrogen-bond acceptors (Lipinski definition) is 2. The summed E-state index contributed by atoms with van der Waals surface area (Å²) >= 11 is 13.5. The topological polar surface area (TPSA) is 29.1 Å². The van der Waals surface area contributed by atoms with Gasteiger partial charge < -0.3 is 5.32 Å². The predicted molar refractivity (Wildman–Crippen MR) is 78.0 cm³/mol. The molecule has 1 N–H and O–H groups in total. The number of rotatable bonds is 5. The summed E-state index contributed by atoms with van der Waals surface area (Å²) < 4.78 is 0. The first kappa shape index (κ1) is 14.0. The van der Waals surface area contributed by atoms with Gasteiger partial charge in [-0.3, -0.25) is 4.79 Å². The number of carbonyl (C=O) groups excluding carboxylic acids is 1. The zero-order chi connectivity index (χ0) is 13.2. The maximum absolute atomic E-state index is 12.1. The van der Waals surface area contributed by atoms with Crippen molar-refractivity contribution in [3.63, 3.8) is 0 Å². The largest absolute Gasteiger partial charge is 0.351 e. The first-order chi connectivity index (χ1) is 8.60. The van der Waals surface area contributed by atoms with Crippen molar-refractivity contribution in [2.75, 3.05) is 18.7 Å². The molecule has 98 valence electrons. The van der Waals surface area contributed by atoms with E-state index in [1.54, 1.807) is 17.8 Å². The number of amides is 1. The fraction of sp³-hybridized carbons (Fsp3) is 0.462. The number of benzene rings is 1. The third kappa shape index (κ3) is 3.14. The van der Waals surface area contributed by atoms with Crippen LogP contribution in [0.1, 0.15) is 23.2 Å². The minimum atomic E-state index is -0.118. The molecule has 5 heteroatoms. The third-order valence-electron chi connectivity index (χ3n) is 3.28. The van der Waals surface area contributed by atoms with E-state index < -0.39 is 0 Å². The Bertz CT molecular complexity index is 460. The highest BCUT2D eigenvalue weighted by Crippen LogP contribution is 2.45. The van der Waals surface area contributed by atoms with Crippen LogP contribution in [0.15, 0.2) is 23.1 Å². The van der Waals surface area contributed by atoms with Gasteiger partial charge in [-0.1, -0.05) is 11.6 Å². The average molecular weight is 304 g/mol. The molecule has 0 heterocycles. The lowest BCUT2D eigenvalue weighted by molar-refractivity contribution is 0.0946. The van der Waals surface area contributed by atoms with Crippen LogP contribution in [0.25, 0.3) is 0 Å². The van der Waals surface area contributed by atoms with E-state index in [4.69, 9.17) is 23.2 Å². The van der Waals surface area contributed by atoms with E-state index in [1.165, 1.54) is 0 Å². The van der Waals surface area contributed by atoms with Crippen molar-refractivity contribution in [3.8, 4) is 0 Å². The second kappa shape index (κ2) is 5.72. The summed E-state index contributed by atoms with van der Waals surface area (Å²) in [6, 6.07) is 5.49. The lowest BCUT2D eigenvalue weighted by Crippen LogP contribution is -2.31. The molecule has 0 saturated heterocycles. The van der Waals surface area contributed by atoms with Gasteiger partial charge in [0, 0.05) is 22.7 Å². The van der Waals surface area contributed by atoms with E-state index in [-0.39, 0.29) is 11.3 Å². The highest BCUT2D eigenvalue weighted by Gasteiger charge is 2.41. The summed E-state index contributed by atoms with van der Waals surface area (Å²) in [4.78, 5) is 13.1. The Morgan fingerprint density at radius 2 is 2.22 bits per heavy atom. The van der Waals surface area contributed by atoms with Crippen molar-refractivity contribution in [3.05, 3.63) is 28.8 Å². The number of thioether (sulfide) groups is 1. The standard InChI is InChI=1S/C13H15Cl2NOS/c1-18-9-2-3-11(15)10(6-9)12(17)16-8-13(7-14)4-5-13/h2-3,6H,4-5,7-8H2,1H3,(H,16,17). The molecule has 0 aliphatic heterocycles. The Morgan fingerprint density at radius 3 is 2.78 bits per heavy atom. The van der Waals surface area contributed by atoms with Crippen molar-refractivity contribution in [1.29, 1.82) is 0 Å². The maximum Gasteiger partial charge on any atom is 0.252 e. The number of carbonyl (C=O) groups is 1. The van der Waals surface area contributed by atoms with Gasteiger partial charge in [0.1, 0.15) is 0 Å².